The molecular formula is C24H22ClN3O4. The average molecular weight is 452 g/mol. The Morgan fingerprint density at radius 3 is 2.75 bits per heavy atom. The molecule has 0 spiro atoms. The Balaban J connectivity index is 1.36. The van der Waals surface area contributed by atoms with Gasteiger partial charge in [-0.1, -0.05) is 11.6 Å². The fraction of sp³-hybridized carbons (Fsp3) is 0.333. The first-order chi connectivity index (χ1) is 15.5. The number of rotatable bonds is 8. The van der Waals surface area contributed by atoms with Crippen LogP contribution in [-0.4, -0.2) is 34.6 Å². The zero-order valence-electron chi connectivity index (χ0n) is 17.5. The number of hydrogen-bond donors (Lipinski definition) is 0. The van der Waals surface area contributed by atoms with Crippen LogP contribution in [0.1, 0.15) is 26.2 Å². The van der Waals surface area contributed by atoms with E-state index in [4.69, 9.17) is 25.8 Å². The molecule has 0 aliphatic carbocycles. The lowest BCUT2D eigenvalue weighted by molar-refractivity contribution is -0.128. The lowest BCUT2D eigenvalue weighted by Gasteiger charge is -2.18. The Kier molecular flexibility index (Phi) is 6.84. The summed E-state index contributed by atoms with van der Waals surface area (Å²) in [5.41, 5.74) is 1.36. The van der Waals surface area contributed by atoms with Crippen molar-refractivity contribution in [1.29, 1.82) is 5.26 Å². The molecule has 1 fully saturated rings. The number of fused-ring (bicyclic) bond motifs is 1. The standard InChI is InChI=1S/C24H22ClN3O4/c1-15(24(29)16(13-26)11-20-3-2-10-30-20)31-18-5-7-19(8-6-18)32-23-14-27-22-12-17(25)4-9-21(22)28-23/h4-9,12,14-16,20H,2-3,10-11H2,1H3. The monoisotopic (exact) mass is 451 g/mol. The summed E-state index contributed by atoms with van der Waals surface area (Å²) in [6.45, 7) is 2.35. The zero-order valence-corrected chi connectivity index (χ0v) is 18.3. The molecule has 2 heterocycles. The SMILES string of the molecule is CC(Oc1ccc(Oc2cnc3cc(Cl)ccc3n2)cc1)C(=O)C(C#N)CC1CCCO1. The number of nitrogens with zero attached hydrogens (tertiary/aromatic N) is 3. The third kappa shape index (κ3) is 5.34. The normalized spacial score (nSPS) is 17.5. The number of benzene rings is 2. The Morgan fingerprint density at radius 2 is 2.03 bits per heavy atom. The maximum absolute atomic E-state index is 12.7. The van der Waals surface area contributed by atoms with Crippen LogP contribution in [0.2, 0.25) is 5.02 Å². The molecule has 0 radical (unpaired) electrons. The summed E-state index contributed by atoms with van der Waals surface area (Å²) < 4.78 is 17.1. The van der Waals surface area contributed by atoms with E-state index >= 15 is 0 Å². The van der Waals surface area contributed by atoms with E-state index in [2.05, 4.69) is 16.0 Å². The van der Waals surface area contributed by atoms with Crippen molar-refractivity contribution < 1.29 is 19.0 Å². The van der Waals surface area contributed by atoms with E-state index in [1.165, 1.54) is 6.20 Å². The lowest BCUT2D eigenvalue weighted by atomic mass is 9.94. The highest BCUT2D eigenvalue weighted by atomic mass is 35.5. The van der Waals surface area contributed by atoms with Gasteiger partial charge in [-0.05, 0) is 68.7 Å². The van der Waals surface area contributed by atoms with Gasteiger partial charge in [0.15, 0.2) is 11.9 Å². The van der Waals surface area contributed by atoms with Gasteiger partial charge in [-0.25, -0.2) is 9.97 Å². The Labute approximate surface area is 190 Å². The van der Waals surface area contributed by atoms with E-state index in [1.54, 1.807) is 49.4 Å². The molecular weight excluding hydrogens is 430 g/mol. The highest BCUT2D eigenvalue weighted by Gasteiger charge is 2.29. The summed E-state index contributed by atoms with van der Waals surface area (Å²) in [7, 11) is 0. The molecule has 1 aliphatic heterocycles. The minimum absolute atomic E-state index is 0.0255. The van der Waals surface area contributed by atoms with Gasteiger partial charge >= 0.3 is 0 Å². The number of ketones is 1. The quantitative estimate of drug-likeness (QED) is 0.469. The molecule has 1 aliphatic rings. The Morgan fingerprint density at radius 1 is 1.25 bits per heavy atom. The fourth-order valence-electron chi connectivity index (χ4n) is 3.59. The minimum atomic E-state index is -0.744. The predicted molar refractivity (Wildman–Crippen MR) is 119 cm³/mol. The molecule has 3 unspecified atom stereocenters. The van der Waals surface area contributed by atoms with Crippen LogP contribution in [0.25, 0.3) is 11.0 Å². The molecule has 3 aromatic rings. The van der Waals surface area contributed by atoms with E-state index in [-0.39, 0.29) is 11.9 Å². The number of hydrogen-bond acceptors (Lipinski definition) is 7. The summed E-state index contributed by atoms with van der Waals surface area (Å²) in [4.78, 5) is 21.4. The second kappa shape index (κ2) is 9.94. The molecule has 8 heteroatoms. The van der Waals surface area contributed by atoms with Gasteiger partial charge in [-0.2, -0.15) is 5.26 Å². The summed E-state index contributed by atoms with van der Waals surface area (Å²) in [5.74, 6) is 0.424. The molecule has 0 N–H and O–H groups in total. The van der Waals surface area contributed by atoms with Gasteiger partial charge in [0.25, 0.3) is 0 Å². The Hall–Kier alpha value is -3.21. The maximum atomic E-state index is 12.7. The van der Waals surface area contributed by atoms with Gasteiger partial charge in [-0.3, -0.25) is 4.79 Å². The topological polar surface area (TPSA) is 94.3 Å². The van der Waals surface area contributed by atoms with Gasteiger partial charge in [0, 0.05) is 11.6 Å². The van der Waals surface area contributed by atoms with Gasteiger partial charge in [0.2, 0.25) is 5.88 Å². The first kappa shape index (κ1) is 22.0. The van der Waals surface area contributed by atoms with Gasteiger partial charge in [-0.15, -0.1) is 0 Å². The van der Waals surface area contributed by atoms with Gasteiger partial charge in [0.05, 0.1) is 29.4 Å². The smallest absolute Gasteiger partial charge is 0.238 e. The number of Topliss-reactive ketones (excluding diaryl/α,β-unsaturated/α-hetero) is 1. The molecule has 0 bridgehead atoms. The van der Waals surface area contributed by atoms with Crippen LogP contribution >= 0.6 is 11.6 Å². The van der Waals surface area contributed by atoms with E-state index in [1.807, 2.05) is 0 Å². The third-order valence-corrected chi connectivity index (χ3v) is 5.50. The predicted octanol–water partition coefficient (Wildman–Crippen LogP) is 5.12. The molecule has 7 nitrogen and oxygen atoms in total. The van der Waals surface area contributed by atoms with Crippen LogP contribution in [0.15, 0.2) is 48.7 Å². The molecule has 164 valence electrons. The first-order valence-electron chi connectivity index (χ1n) is 10.4. The van der Waals surface area contributed by atoms with Gasteiger partial charge in [0.1, 0.15) is 17.4 Å². The summed E-state index contributed by atoms with van der Waals surface area (Å²) in [5, 5.41) is 10.0. The van der Waals surface area contributed by atoms with Crippen LogP contribution in [0, 0.1) is 17.2 Å². The highest BCUT2D eigenvalue weighted by Crippen LogP contribution is 2.26. The van der Waals surface area contributed by atoms with Crippen LogP contribution in [0.4, 0.5) is 0 Å². The molecule has 1 aromatic heterocycles. The molecule has 0 saturated carbocycles. The fourth-order valence-corrected chi connectivity index (χ4v) is 3.76. The number of carbonyl (C=O) groups is 1. The van der Waals surface area contributed by atoms with E-state index in [0.29, 0.717) is 46.5 Å². The number of nitriles is 1. The number of aromatic nitrogens is 2. The van der Waals surface area contributed by atoms with Crippen molar-refractivity contribution in [1.82, 2.24) is 9.97 Å². The lowest BCUT2D eigenvalue weighted by Crippen LogP contribution is -2.31. The average Bonchev–Trinajstić information content (AvgIpc) is 3.31. The van der Waals surface area contributed by atoms with Crippen LogP contribution in [0.3, 0.4) is 0 Å². The molecule has 2 aromatic carbocycles. The van der Waals surface area contributed by atoms with Crippen molar-refractivity contribution in [3.8, 4) is 23.4 Å². The number of carbonyl (C=O) groups excluding carboxylic acids is 1. The largest absolute Gasteiger partial charge is 0.483 e. The second-order valence-electron chi connectivity index (χ2n) is 7.63. The second-order valence-corrected chi connectivity index (χ2v) is 8.07. The van der Waals surface area contributed by atoms with E-state index < -0.39 is 12.0 Å². The van der Waals surface area contributed by atoms with Gasteiger partial charge < -0.3 is 14.2 Å². The maximum Gasteiger partial charge on any atom is 0.238 e. The van der Waals surface area contributed by atoms with Crippen molar-refractivity contribution >= 4 is 28.4 Å². The molecule has 4 rings (SSSR count). The number of ether oxygens (including phenoxy) is 3. The third-order valence-electron chi connectivity index (χ3n) is 5.26. The van der Waals surface area contributed by atoms with E-state index in [0.717, 1.165) is 12.8 Å². The zero-order chi connectivity index (χ0) is 22.5. The van der Waals surface area contributed by atoms with Crippen LogP contribution < -0.4 is 9.47 Å². The van der Waals surface area contributed by atoms with Crippen molar-refractivity contribution in [3.63, 3.8) is 0 Å². The van der Waals surface area contributed by atoms with Crippen molar-refractivity contribution in [2.45, 2.75) is 38.4 Å². The molecule has 1 saturated heterocycles. The highest BCUT2D eigenvalue weighted by molar-refractivity contribution is 6.31. The van der Waals surface area contributed by atoms with Crippen molar-refractivity contribution in [2.24, 2.45) is 5.92 Å². The summed E-state index contributed by atoms with van der Waals surface area (Å²) in [6.07, 6.45) is 3.02. The molecule has 0 amide bonds. The Bertz CT molecular complexity index is 1140. The van der Waals surface area contributed by atoms with Crippen LogP contribution in [0.5, 0.6) is 17.4 Å². The van der Waals surface area contributed by atoms with E-state index in [9.17, 15) is 10.1 Å². The first-order valence-corrected chi connectivity index (χ1v) is 10.8. The van der Waals surface area contributed by atoms with Crippen molar-refractivity contribution in [3.05, 3.63) is 53.7 Å². The number of halogens is 1. The minimum Gasteiger partial charge on any atom is -0.483 e. The van der Waals surface area contributed by atoms with Crippen molar-refractivity contribution in [2.75, 3.05) is 6.61 Å². The summed E-state index contributed by atoms with van der Waals surface area (Å²) in [6, 6.07) is 14.2. The summed E-state index contributed by atoms with van der Waals surface area (Å²) >= 11 is 5.97. The molecule has 32 heavy (non-hydrogen) atoms. The molecule has 3 atom stereocenters. The van der Waals surface area contributed by atoms with Crippen LogP contribution in [-0.2, 0) is 9.53 Å².